The van der Waals surface area contributed by atoms with Gasteiger partial charge in [0.05, 0.1) is 6.54 Å². The molecule has 1 saturated carbocycles. The van der Waals surface area contributed by atoms with Crippen LogP contribution in [0.1, 0.15) is 24.8 Å². The van der Waals surface area contributed by atoms with Gasteiger partial charge >= 0.3 is 0 Å². The first kappa shape index (κ1) is 11.2. The van der Waals surface area contributed by atoms with Crippen LogP contribution in [0.5, 0.6) is 0 Å². The molecule has 0 radical (unpaired) electrons. The lowest BCUT2D eigenvalue weighted by molar-refractivity contribution is -0.118. The molecule has 84 valence electrons. The van der Waals surface area contributed by atoms with E-state index in [1.807, 2.05) is 12.1 Å². The average molecular weight is 234 g/mol. The largest absolute Gasteiger partial charge is 0.369 e. The van der Waals surface area contributed by atoms with Crippen LogP contribution < -0.4 is 5.32 Å². The van der Waals surface area contributed by atoms with Crippen molar-refractivity contribution in [2.24, 2.45) is 5.92 Å². The number of hydrogen-bond donors (Lipinski definition) is 1. The summed E-state index contributed by atoms with van der Waals surface area (Å²) in [5, 5.41) is 2.97. The summed E-state index contributed by atoms with van der Waals surface area (Å²) in [7, 11) is 0. The molecule has 1 aliphatic carbocycles. The maximum absolute atomic E-state index is 11.5. The van der Waals surface area contributed by atoms with Crippen molar-refractivity contribution in [3.8, 4) is 0 Å². The Labute approximate surface area is 100 Å². The minimum Gasteiger partial charge on any atom is -0.369 e. The van der Waals surface area contributed by atoms with Gasteiger partial charge in [-0.25, -0.2) is 0 Å². The van der Waals surface area contributed by atoms with Crippen molar-refractivity contribution >= 4 is 23.0 Å². The van der Waals surface area contributed by atoms with Gasteiger partial charge in [0.25, 0.3) is 0 Å². The lowest BCUT2D eigenvalue weighted by Gasteiger charge is -2.06. The van der Waals surface area contributed by atoms with Gasteiger partial charge in [-0.15, -0.1) is 0 Å². The molecule has 1 heterocycles. The topological polar surface area (TPSA) is 42.0 Å². The predicted molar refractivity (Wildman–Crippen MR) is 66.3 cm³/mol. The van der Waals surface area contributed by atoms with Crippen molar-refractivity contribution in [1.82, 2.24) is 10.3 Å². The fourth-order valence-corrected chi connectivity index (χ4v) is 1.69. The van der Waals surface area contributed by atoms with E-state index in [1.54, 1.807) is 12.4 Å². The van der Waals surface area contributed by atoms with Crippen LogP contribution in [0.25, 0.3) is 0 Å². The van der Waals surface area contributed by atoms with Crippen molar-refractivity contribution < 1.29 is 4.79 Å². The fraction of sp³-hybridized carbons (Fsp3) is 0.417. The fourth-order valence-electron chi connectivity index (χ4n) is 1.49. The lowest BCUT2D eigenvalue weighted by Crippen LogP contribution is -2.28. The summed E-state index contributed by atoms with van der Waals surface area (Å²) in [5.74, 6) is 0.884. The van der Waals surface area contributed by atoms with E-state index in [1.165, 1.54) is 12.8 Å². The Morgan fingerprint density at radius 1 is 1.56 bits per heavy atom. The first-order valence-electron chi connectivity index (χ1n) is 5.45. The third kappa shape index (κ3) is 3.38. The van der Waals surface area contributed by atoms with Crippen molar-refractivity contribution in [2.75, 3.05) is 6.54 Å². The molecule has 1 aromatic rings. The summed E-state index contributed by atoms with van der Waals surface area (Å²) in [6.45, 7) is 0.338. The second kappa shape index (κ2) is 5.16. The predicted octanol–water partition coefficient (Wildman–Crippen LogP) is 1.72. The van der Waals surface area contributed by atoms with Gasteiger partial charge in [0.2, 0.25) is 0 Å². The van der Waals surface area contributed by atoms with Gasteiger partial charge in [0.15, 0.2) is 5.78 Å². The van der Waals surface area contributed by atoms with Gasteiger partial charge < -0.3 is 5.32 Å². The zero-order chi connectivity index (χ0) is 11.4. The molecule has 0 unspecified atom stereocenters. The quantitative estimate of drug-likeness (QED) is 0.788. The maximum Gasteiger partial charge on any atom is 0.152 e. The number of carbonyl (C=O) groups excluding carboxylic acids is 1. The molecule has 0 atom stereocenters. The summed E-state index contributed by atoms with van der Waals surface area (Å²) in [6.07, 6.45) is 6.51. The molecule has 0 spiro atoms. The Balaban J connectivity index is 1.77. The molecule has 0 aliphatic heterocycles. The van der Waals surface area contributed by atoms with E-state index in [0.29, 0.717) is 23.9 Å². The molecule has 16 heavy (non-hydrogen) atoms. The van der Waals surface area contributed by atoms with Crippen LogP contribution in [0.2, 0.25) is 0 Å². The number of nitrogens with one attached hydrogen (secondary N) is 1. The summed E-state index contributed by atoms with van der Waals surface area (Å²) >= 11 is 5.16. The van der Waals surface area contributed by atoms with E-state index in [0.717, 1.165) is 5.56 Å². The van der Waals surface area contributed by atoms with E-state index < -0.39 is 0 Å². The number of aromatic nitrogens is 1. The van der Waals surface area contributed by atoms with Crippen LogP contribution in [0, 0.1) is 5.92 Å². The SMILES string of the molecule is O=C(CNC(=S)c1cccnc1)CC1CC1. The molecule has 1 aromatic heterocycles. The van der Waals surface area contributed by atoms with E-state index >= 15 is 0 Å². The minimum absolute atomic E-state index is 0.244. The molecule has 1 aliphatic rings. The average Bonchev–Trinajstić information content (AvgIpc) is 3.11. The molecular weight excluding hydrogens is 220 g/mol. The van der Waals surface area contributed by atoms with Crippen LogP contribution in [0.15, 0.2) is 24.5 Å². The Morgan fingerprint density at radius 3 is 3.00 bits per heavy atom. The summed E-state index contributed by atoms with van der Waals surface area (Å²) in [4.78, 5) is 16.1. The molecule has 2 rings (SSSR count). The van der Waals surface area contributed by atoms with Crippen molar-refractivity contribution in [1.29, 1.82) is 0 Å². The standard InChI is InChI=1S/C12H14N2OS/c15-11(6-9-3-4-9)8-14-12(16)10-2-1-5-13-7-10/h1-2,5,7,9H,3-4,6,8H2,(H,14,16). The number of thiocarbonyl (C=S) groups is 1. The number of nitrogens with zero attached hydrogens (tertiary/aromatic N) is 1. The van der Waals surface area contributed by atoms with Crippen LogP contribution in [0.4, 0.5) is 0 Å². The maximum atomic E-state index is 11.5. The van der Waals surface area contributed by atoms with E-state index in [2.05, 4.69) is 10.3 Å². The molecule has 0 amide bonds. The number of pyridine rings is 1. The number of hydrogen-bond acceptors (Lipinski definition) is 3. The van der Waals surface area contributed by atoms with Gasteiger partial charge in [-0.3, -0.25) is 9.78 Å². The van der Waals surface area contributed by atoms with Crippen LogP contribution in [-0.2, 0) is 4.79 Å². The molecular formula is C12H14N2OS. The van der Waals surface area contributed by atoms with Crippen molar-refractivity contribution in [3.05, 3.63) is 30.1 Å². The van der Waals surface area contributed by atoms with Crippen LogP contribution in [0.3, 0.4) is 0 Å². The number of ketones is 1. The minimum atomic E-state index is 0.244. The molecule has 4 heteroatoms. The van der Waals surface area contributed by atoms with Gasteiger partial charge in [-0.1, -0.05) is 12.2 Å². The Kier molecular flexibility index (Phi) is 3.62. The first-order valence-corrected chi connectivity index (χ1v) is 5.86. The van der Waals surface area contributed by atoms with Crippen LogP contribution >= 0.6 is 12.2 Å². The Bertz CT molecular complexity index is 387. The molecule has 1 N–H and O–H groups in total. The number of Topliss-reactive ketones (excluding diaryl/α,β-unsaturated/α-hetero) is 1. The second-order valence-electron chi connectivity index (χ2n) is 4.11. The summed E-state index contributed by atoms with van der Waals surface area (Å²) in [6, 6.07) is 3.71. The zero-order valence-corrected chi connectivity index (χ0v) is 9.80. The first-order chi connectivity index (χ1) is 7.75. The molecule has 3 nitrogen and oxygen atoms in total. The molecule has 0 bridgehead atoms. The normalized spacial score (nSPS) is 14.5. The molecule has 1 fully saturated rings. The number of rotatable bonds is 5. The third-order valence-corrected chi connectivity index (χ3v) is 2.96. The monoisotopic (exact) mass is 234 g/mol. The lowest BCUT2D eigenvalue weighted by atomic mass is 10.2. The zero-order valence-electron chi connectivity index (χ0n) is 8.98. The highest BCUT2D eigenvalue weighted by molar-refractivity contribution is 7.80. The highest BCUT2D eigenvalue weighted by atomic mass is 32.1. The van der Waals surface area contributed by atoms with Crippen molar-refractivity contribution in [2.45, 2.75) is 19.3 Å². The van der Waals surface area contributed by atoms with Gasteiger partial charge in [-0.2, -0.15) is 0 Å². The summed E-state index contributed by atoms with van der Waals surface area (Å²) < 4.78 is 0. The summed E-state index contributed by atoms with van der Waals surface area (Å²) in [5.41, 5.74) is 0.858. The van der Waals surface area contributed by atoms with Gasteiger partial charge in [0.1, 0.15) is 4.99 Å². The Morgan fingerprint density at radius 2 is 2.38 bits per heavy atom. The van der Waals surface area contributed by atoms with Gasteiger partial charge in [0, 0.05) is 24.4 Å². The van der Waals surface area contributed by atoms with Crippen LogP contribution in [-0.4, -0.2) is 22.3 Å². The highest BCUT2D eigenvalue weighted by Gasteiger charge is 2.24. The van der Waals surface area contributed by atoms with E-state index in [9.17, 15) is 4.79 Å². The third-order valence-electron chi connectivity index (χ3n) is 2.58. The highest BCUT2D eigenvalue weighted by Crippen LogP contribution is 2.32. The molecule has 0 saturated heterocycles. The Hall–Kier alpha value is -1.29. The van der Waals surface area contributed by atoms with Crippen molar-refractivity contribution in [3.63, 3.8) is 0 Å². The van der Waals surface area contributed by atoms with E-state index in [4.69, 9.17) is 12.2 Å². The van der Waals surface area contributed by atoms with Gasteiger partial charge in [-0.05, 0) is 30.9 Å². The smallest absolute Gasteiger partial charge is 0.152 e. The number of carbonyl (C=O) groups is 1. The molecule has 0 aromatic carbocycles. The van der Waals surface area contributed by atoms with E-state index in [-0.39, 0.29) is 5.78 Å². The second-order valence-corrected chi connectivity index (χ2v) is 4.52.